The summed E-state index contributed by atoms with van der Waals surface area (Å²) >= 11 is 6.27. The second kappa shape index (κ2) is 6.54. The molecular weight excluding hydrogens is 338 g/mol. The summed E-state index contributed by atoms with van der Waals surface area (Å²) in [6.07, 6.45) is 0.783. The summed E-state index contributed by atoms with van der Waals surface area (Å²) in [7, 11) is 0. The standard InChI is InChI=1S/C20H18ClNO3/c1-2-13-9-19(23)25-20-15(13)7-8-18-16(20)11-22(12-24-18)10-14-5-3-4-6-17(14)21/h3-9H,2,10-12H2,1H3. The Hall–Kier alpha value is -2.30. The lowest BCUT2D eigenvalue weighted by Crippen LogP contribution is -2.31. The molecule has 0 N–H and O–H groups in total. The van der Waals surface area contributed by atoms with E-state index in [1.807, 2.05) is 43.3 Å². The minimum Gasteiger partial charge on any atom is -0.478 e. The van der Waals surface area contributed by atoms with Crippen LogP contribution in [0.15, 0.2) is 51.7 Å². The monoisotopic (exact) mass is 355 g/mol. The zero-order chi connectivity index (χ0) is 17.4. The van der Waals surface area contributed by atoms with Gasteiger partial charge in [-0.25, -0.2) is 4.79 Å². The first kappa shape index (κ1) is 16.2. The zero-order valence-electron chi connectivity index (χ0n) is 13.9. The average Bonchev–Trinajstić information content (AvgIpc) is 2.63. The maximum atomic E-state index is 11.9. The van der Waals surface area contributed by atoms with Gasteiger partial charge in [-0.1, -0.05) is 36.7 Å². The van der Waals surface area contributed by atoms with Crippen molar-refractivity contribution in [2.24, 2.45) is 0 Å². The first-order valence-electron chi connectivity index (χ1n) is 8.33. The molecule has 0 radical (unpaired) electrons. The van der Waals surface area contributed by atoms with Crippen molar-refractivity contribution in [1.29, 1.82) is 0 Å². The van der Waals surface area contributed by atoms with E-state index in [0.29, 0.717) is 25.4 Å². The molecule has 0 fully saturated rings. The number of fused-ring (bicyclic) bond motifs is 3. The molecule has 2 aromatic carbocycles. The molecule has 0 unspecified atom stereocenters. The first-order valence-corrected chi connectivity index (χ1v) is 8.70. The van der Waals surface area contributed by atoms with Crippen LogP contribution in [0.4, 0.5) is 0 Å². The Balaban J connectivity index is 1.73. The SMILES string of the molecule is CCc1cc(=O)oc2c3c(ccc12)OCN(Cc1ccccc1Cl)C3. The summed E-state index contributed by atoms with van der Waals surface area (Å²) < 4.78 is 11.4. The number of hydrogen-bond donors (Lipinski definition) is 0. The topological polar surface area (TPSA) is 42.7 Å². The third-order valence-corrected chi connectivity index (χ3v) is 4.94. The van der Waals surface area contributed by atoms with E-state index < -0.39 is 0 Å². The molecule has 25 heavy (non-hydrogen) atoms. The second-order valence-electron chi connectivity index (χ2n) is 6.22. The molecule has 0 saturated heterocycles. The first-order chi connectivity index (χ1) is 12.2. The van der Waals surface area contributed by atoms with Gasteiger partial charge in [-0.3, -0.25) is 4.90 Å². The van der Waals surface area contributed by atoms with Crippen LogP contribution in [0.5, 0.6) is 5.75 Å². The molecule has 0 bridgehead atoms. The van der Waals surface area contributed by atoms with E-state index in [1.54, 1.807) is 6.07 Å². The van der Waals surface area contributed by atoms with Gasteiger partial charge in [0.2, 0.25) is 0 Å². The molecule has 0 aliphatic carbocycles. The van der Waals surface area contributed by atoms with Crippen molar-refractivity contribution in [3.05, 3.63) is 74.6 Å². The molecule has 0 atom stereocenters. The lowest BCUT2D eigenvalue weighted by Gasteiger charge is -2.29. The lowest BCUT2D eigenvalue weighted by atomic mass is 10.0. The minimum absolute atomic E-state index is 0.319. The summed E-state index contributed by atoms with van der Waals surface area (Å²) in [4.78, 5) is 14.1. The fraction of sp³-hybridized carbons (Fsp3) is 0.250. The van der Waals surface area contributed by atoms with Gasteiger partial charge in [0.1, 0.15) is 18.1 Å². The van der Waals surface area contributed by atoms with E-state index in [4.69, 9.17) is 20.8 Å². The highest BCUT2D eigenvalue weighted by Gasteiger charge is 2.22. The molecule has 0 spiro atoms. The van der Waals surface area contributed by atoms with Gasteiger partial charge >= 0.3 is 5.63 Å². The van der Waals surface area contributed by atoms with Gasteiger partial charge in [0.05, 0.1) is 5.56 Å². The normalized spacial score (nSPS) is 14.3. The van der Waals surface area contributed by atoms with Crippen molar-refractivity contribution in [2.75, 3.05) is 6.73 Å². The Morgan fingerprint density at radius 3 is 2.80 bits per heavy atom. The number of rotatable bonds is 3. The number of aryl methyl sites for hydroxylation is 1. The number of benzene rings is 2. The van der Waals surface area contributed by atoms with Crippen LogP contribution in [0.25, 0.3) is 11.0 Å². The van der Waals surface area contributed by atoms with Crippen LogP contribution in [-0.4, -0.2) is 11.6 Å². The van der Waals surface area contributed by atoms with E-state index in [0.717, 1.165) is 39.3 Å². The highest BCUT2D eigenvalue weighted by molar-refractivity contribution is 6.31. The Morgan fingerprint density at radius 1 is 1.16 bits per heavy atom. The molecule has 0 amide bonds. The van der Waals surface area contributed by atoms with Gasteiger partial charge in [-0.2, -0.15) is 0 Å². The Bertz CT molecular complexity index is 996. The van der Waals surface area contributed by atoms with Crippen molar-refractivity contribution in [1.82, 2.24) is 4.90 Å². The van der Waals surface area contributed by atoms with Crippen molar-refractivity contribution in [3.8, 4) is 5.75 Å². The lowest BCUT2D eigenvalue weighted by molar-refractivity contribution is 0.0890. The smallest absolute Gasteiger partial charge is 0.336 e. The molecular formula is C20H18ClNO3. The van der Waals surface area contributed by atoms with Gasteiger partial charge in [-0.05, 0) is 35.7 Å². The van der Waals surface area contributed by atoms with Gasteiger partial charge in [0, 0.05) is 29.6 Å². The van der Waals surface area contributed by atoms with Crippen molar-refractivity contribution in [3.63, 3.8) is 0 Å². The molecule has 0 saturated carbocycles. The second-order valence-corrected chi connectivity index (χ2v) is 6.62. The molecule has 4 rings (SSSR count). The fourth-order valence-electron chi connectivity index (χ4n) is 3.31. The molecule has 2 heterocycles. The molecule has 1 aliphatic rings. The quantitative estimate of drug-likeness (QED) is 0.655. The third kappa shape index (κ3) is 3.03. The van der Waals surface area contributed by atoms with Crippen LogP contribution in [0.2, 0.25) is 5.02 Å². The summed E-state index contributed by atoms with van der Waals surface area (Å²) in [5.41, 5.74) is 3.28. The highest BCUT2D eigenvalue weighted by Crippen LogP contribution is 2.34. The van der Waals surface area contributed by atoms with Crippen molar-refractivity contribution in [2.45, 2.75) is 26.4 Å². The van der Waals surface area contributed by atoms with Crippen LogP contribution < -0.4 is 10.4 Å². The number of nitrogens with zero attached hydrogens (tertiary/aromatic N) is 1. The highest BCUT2D eigenvalue weighted by atomic mass is 35.5. The van der Waals surface area contributed by atoms with Gasteiger partial charge in [-0.15, -0.1) is 0 Å². The maximum absolute atomic E-state index is 11.9. The molecule has 5 heteroatoms. The van der Waals surface area contributed by atoms with Crippen LogP contribution >= 0.6 is 11.6 Å². The van der Waals surface area contributed by atoms with Crippen LogP contribution in [0.1, 0.15) is 23.6 Å². The van der Waals surface area contributed by atoms with E-state index in [-0.39, 0.29) is 5.63 Å². The maximum Gasteiger partial charge on any atom is 0.336 e. The summed E-state index contributed by atoms with van der Waals surface area (Å²) in [6, 6.07) is 13.3. The van der Waals surface area contributed by atoms with E-state index in [1.165, 1.54) is 0 Å². The Morgan fingerprint density at radius 2 is 2.00 bits per heavy atom. The summed E-state index contributed by atoms with van der Waals surface area (Å²) in [6.45, 7) is 3.83. The Labute approximate surface area is 150 Å². The van der Waals surface area contributed by atoms with Crippen LogP contribution in [-0.2, 0) is 19.5 Å². The van der Waals surface area contributed by atoms with E-state index in [9.17, 15) is 4.79 Å². The summed E-state index contributed by atoms with van der Waals surface area (Å²) in [5, 5.41) is 1.72. The van der Waals surface area contributed by atoms with Gasteiger partial charge in [0.15, 0.2) is 0 Å². The molecule has 1 aromatic heterocycles. The Kier molecular flexibility index (Phi) is 4.24. The zero-order valence-corrected chi connectivity index (χ0v) is 14.7. The summed E-state index contributed by atoms with van der Waals surface area (Å²) in [5.74, 6) is 0.777. The molecule has 128 valence electrons. The fourth-order valence-corrected chi connectivity index (χ4v) is 3.50. The van der Waals surface area contributed by atoms with Crippen LogP contribution in [0.3, 0.4) is 0 Å². The molecule has 1 aliphatic heterocycles. The number of hydrogen-bond acceptors (Lipinski definition) is 4. The largest absolute Gasteiger partial charge is 0.478 e. The molecule has 3 aromatic rings. The van der Waals surface area contributed by atoms with Gasteiger partial charge < -0.3 is 9.15 Å². The predicted octanol–water partition coefficient (Wildman–Crippen LogP) is 4.36. The average molecular weight is 356 g/mol. The van der Waals surface area contributed by atoms with E-state index >= 15 is 0 Å². The predicted molar refractivity (Wildman–Crippen MR) is 98.1 cm³/mol. The van der Waals surface area contributed by atoms with Crippen molar-refractivity contribution >= 4 is 22.6 Å². The van der Waals surface area contributed by atoms with E-state index in [2.05, 4.69) is 4.90 Å². The third-order valence-electron chi connectivity index (χ3n) is 4.58. The van der Waals surface area contributed by atoms with Gasteiger partial charge in [0.25, 0.3) is 0 Å². The molecule has 4 nitrogen and oxygen atoms in total. The minimum atomic E-state index is -0.319. The van der Waals surface area contributed by atoms with Crippen molar-refractivity contribution < 1.29 is 9.15 Å². The van der Waals surface area contributed by atoms with Crippen LogP contribution in [0, 0.1) is 0 Å². The number of ether oxygens (including phenoxy) is 1. The number of halogens is 1.